The van der Waals surface area contributed by atoms with E-state index in [0.29, 0.717) is 10.9 Å². The van der Waals surface area contributed by atoms with Crippen molar-refractivity contribution in [2.45, 2.75) is 5.33 Å². The fraction of sp³-hybridized carbons (Fsp3) is 0.111. The van der Waals surface area contributed by atoms with E-state index in [-0.39, 0.29) is 5.56 Å². The Hall–Kier alpha value is -0.850. The van der Waals surface area contributed by atoms with Crippen molar-refractivity contribution in [1.29, 1.82) is 5.26 Å². The lowest BCUT2D eigenvalue weighted by molar-refractivity contribution is 0.108. The molecule has 0 spiro atoms. The molecule has 0 atom stereocenters. The van der Waals surface area contributed by atoms with Gasteiger partial charge >= 0.3 is 0 Å². The van der Waals surface area contributed by atoms with Gasteiger partial charge in [-0.05, 0) is 29.3 Å². The number of alkyl halides is 1. The van der Waals surface area contributed by atoms with Crippen LogP contribution in [0.4, 0.5) is 0 Å². The summed E-state index contributed by atoms with van der Waals surface area (Å²) in [5, 5.41) is 8.70. The van der Waals surface area contributed by atoms with Gasteiger partial charge < -0.3 is 0 Å². The predicted octanol–water partition coefficient (Wildman–Crippen LogP) is 2.83. The number of benzene rings is 1. The molecule has 0 N–H and O–H groups in total. The van der Waals surface area contributed by atoms with E-state index in [4.69, 9.17) is 16.9 Å². The average molecular weight is 259 g/mol. The molecule has 66 valence electrons. The standard InChI is InChI=1S/C9H5BrClNO/c10-4-6-1-2-7(5-12)8(3-6)9(11)13/h1-3H,4H2. The van der Waals surface area contributed by atoms with E-state index in [9.17, 15) is 4.79 Å². The highest BCUT2D eigenvalue weighted by molar-refractivity contribution is 9.08. The van der Waals surface area contributed by atoms with Gasteiger partial charge in [0, 0.05) is 5.33 Å². The zero-order valence-electron chi connectivity index (χ0n) is 6.55. The number of halogens is 2. The van der Waals surface area contributed by atoms with E-state index in [1.807, 2.05) is 6.07 Å². The van der Waals surface area contributed by atoms with Gasteiger partial charge in [0.15, 0.2) is 0 Å². The molecule has 0 aromatic heterocycles. The highest BCUT2D eigenvalue weighted by Gasteiger charge is 2.08. The Labute approximate surface area is 89.3 Å². The first-order chi connectivity index (χ1) is 6.19. The van der Waals surface area contributed by atoms with Crippen molar-refractivity contribution in [3.05, 3.63) is 34.9 Å². The molecule has 0 fully saturated rings. The summed E-state index contributed by atoms with van der Waals surface area (Å²) < 4.78 is 0. The van der Waals surface area contributed by atoms with Crippen LogP contribution >= 0.6 is 27.5 Å². The fourth-order valence-corrected chi connectivity index (χ4v) is 1.44. The number of hydrogen-bond donors (Lipinski definition) is 0. The van der Waals surface area contributed by atoms with Crippen LogP contribution in [0.5, 0.6) is 0 Å². The lowest BCUT2D eigenvalue weighted by atomic mass is 10.1. The summed E-state index contributed by atoms with van der Waals surface area (Å²) >= 11 is 8.56. The topological polar surface area (TPSA) is 40.9 Å². The Morgan fingerprint density at radius 1 is 1.62 bits per heavy atom. The molecule has 1 aromatic rings. The quantitative estimate of drug-likeness (QED) is 0.604. The van der Waals surface area contributed by atoms with Crippen molar-refractivity contribution in [2.75, 3.05) is 0 Å². The minimum Gasteiger partial charge on any atom is -0.276 e. The monoisotopic (exact) mass is 257 g/mol. The minimum absolute atomic E-state index is 0.265. The van der Waals surface area contributed by atoms with Gasteiger partial charge in [0.2, 0.25) is 0 Å². The first-order valence-electron chi connectivity index (χ1n) is 3.48. The smallest absolute Gasteiger partial charge is 0.253 e. The molecule has 0 saturated carbocycles. The highest BCUT2D eigenvalue weighted by Crippen LogP contribution is 2.15. The molecule has 4 heteroatoms. The molecule has 0 amide bonds. The van der Waals surface area contributed by atoms with Crippen LogP contribution in [0, 0.1) is 11.3 Å². The highest BCUT2D eigenvalue weighted by atomic mass is 79.9. The third-order valence-electron chi connectivity index (χ3n) is 1.57. The van der Waals surface area contributed by atoms with Crippen molar-refractivity contribution in [3.8, 4) is 6.07 Å². The van der Waals surface area contributed by atoms with E-state index in [0.717, 1.165) is 5.56 Å². The number of nitrogens with zero attached hydrogens (tertiary/aromatic N) is 1. The van der Waals surface area contributed by atoms with Crippen LogP contribution in [0.1, 0.15) is 21.5 Å². The summed E-state index contributed by atoms with van der Waals surface area (Å²) in [5.41, 5.74) is 1.49. The van der Waals surface area contributed by atoms with E-state index < -0.39 is 5.24 Å². The maximum atomic E-state index is 10.9. The van der Waals surface area contributed by atoms with Gasteiger partial charge in [-0.15, -0.1) is 0 Å². The molecule has 0 bridgehead atoms. The Kier molecular flexibility index (Phi) is 3.47. The van der Waals surface area contributed by atoms with Crippen LogP contribution in [-0.4, -0.2) is 5.24 Å². The molecule has 0 aliphatic carbocycles. The normalized spacial score (nSPS) is 9.31. The van der Waals surface area contributed by atoms with Crippen molar-refractivity contribution in [1.82, 2.24) is 0 Å². The number of rotatable bonds is 2. The summed E-state index contributed by atoms with van der Waals surface area (Å²) in [4.78, 5) is 10.9. The van der Waals surface area contributed by atoms with Gasteiger partial charge in [-0.2, -0.15) is 5.26 Å². The summed E-state index contributed by atoms with van der Waals surface area (Å²) in [7, 11) is 0. The van der Waals surface area contributed by atoms with Gasteiger partial charge in [0.25, 0.3) is 5.24 Å². The van der Waals surface area contributed by atoms with E-state index in [2.05, 4.69) is 15.9 Å². The molecule has 13 heavy (non-hydrogen) atoms. The predicted molar refractivity (Wildman–Crippen MR) is 54.0 cm³/mol. The first-order valence-corrected chi connectivity index (χ1v) is 4.97. The largest absolute Gasteiger partial charge is 0.276 e. The molecule has 0 aliphatic heterocycles. The molecule has 0 aliphatic rings. The number of carbonyl (C=O) groups is 1. The molecule has 1 rings (SSSR count). The molecule has 0 heterocycles. The van der Waals surface area contributed by atoms with E-state index in [1.165, 1.54) is 0 Å². The lowest BCUT2D eigenvalue weighted by Gasteiger charge is -2.00. The first kappa shape index (κ1) is 10.2. The summed E-state index contributed by atoms with van der Waals surface area (Å²) in [5.74, 6) is 0. The van der Waals surface area contributed by atoms with Crippen LogP contribution in [0.25, 0.3) is 0 Å². The van der Waals surface area contributed by atoms with Crippen LogP contribution in [-0.2, 0) is 5.33 Å². The maximum absolute atomic E-state index is 10.9. The third kappa shape index (κ3) is 2.30. The Morgan fingerprint density at radius 2 is 2.31 bits per heavy atom. The second-order valence-corrected chi connectivity index (χ2v) is 3.30. The Bertz CT molecular complexity index is 384. The molecule has 2 nitrogen and oxygen atoms in total. The third-order valence-corrected chi connectivity index (χ3v) is 2.42. The summed E-state index contributed by atoms with van der Waals surface area (Å²) in [6.07, 6.45) is 0. The Balaban J connectivity index is 3.28. The second kappa shape index (κ2) is 4.40. The van der Waals surface area contributed by atoms with E-state index >= 15 is 0 Å². The molecule has 1 aromatic carbocycles. The molecule has 0 saturated heterocycles. The zero-order chi connectivity index (χ0) is 9.84. The Morgan fingerprint density at radius 3 is 2.77 bits per heavy atom. The van der Waals surface area contributed by atoms with Crippen molar-refractivity contribution in [3.63, 3.8) is 0 Å². The number of carbonyl (C=O) groups excluding carboxylic acids is 1. The van der Waals surface area contributed by atoms with Gasteiger partial charge in [-0.3, -0.25) is 4.79 Å². The maximum Gasteiger partial charge on any atom is 0.253 e. The van der Waals surface area contributed by atoms with Crippen LogP contribution < -0.4 is 0 Å². The summed E-state index contributed by atoms with van der Waals surface area (Å²) in [6.45, 7) is 0. The molecule has 0 unspecified atom stereocenters. The second-order valence-electron chi connectivity index (χ2n) is 2.40. The van der Waals surface area contributed by atoms with Gasteiger partial charge in [-0.25, -0.2) is 0 Å². The van der Waals surface area contributed by atoms with Gasteiger partial charge in [0.1, 0.15) is 0 Å². The lowest BCUT2D eigenvalue weighted by Crippen LogP contribution is -1.95. The number of nitriles is 1. The van der Waals surface area contributed by atoms with Crippen LogP contribution in [0.2, 0.25) is 0 Å². The molecule has 0 radical (unpaired) electrons. The van der Waals surface area contributed by atoms with Crippen molar-refractivity contribution < 1.29 is 4.79 Å². The SMILES string of the molecule is N#Cc1ccc(CBr)cc1C(=O)Cl. The van der Waals surface area contributed by atoms with Crippen molar-refractivity contribution in [2.24, 2.45) is 0 Å². The minimum atomic E-state index is -0.598. The molecular formula is C9H5BrClNO. The molecular weight excluding hydrogens is 253 g/mol. The van der Waals surface area contributed by atoms with Gasteiger partial charge in [-0.1, -0.05) is 22.0 Å². The average Bonchev–Trinajstić information content (AvgIpc) is 2.16. The number of hydrogen-bond acceptors (Lipinski definition) is 2. The van der Waals surface area contributed by atoms with Gasteiger partial charge in [0.05, 0.1) is 17.2 Å². The van der Waals surface area contributed by atoms with E-state index in [1.54, 1.807) is 18.2 Å². The summed E-state index contributed by atoms with van der Waals surface area (Å²) in [6, 6.07) is 6.89. The van der Waals surface area contributed by atoms with Crippen molar-refractivity contribution >= 4 is 32.8 Å². The zero-order valence-corrected chi connectivity index (χ0v) is 8.89. The van der Waals surface area contributed by atoms with Crippen LogP contribution in [0.15, 0.2) is 18.2 Å². The fourth-order valence-electron chi connectivity index (χ4n) is 0.935. The van der Waals surface area contributed by atoms with Crippen LogP contribution in [0.3, 0.4) is 0 Å².